The van der Waals surface area contributed by atoms with Gasteiger partial charge in [-0.25, -0.2) is 0 Å². The van der Waals surface area contributed by atoms with E-state index in [2.05, 4.69) is 27.6 Å². The standard InChI is InChI=1S/C9H9IN2O/c1-6-4-7(2-3-10)8(5-11)12-9(6)13/h2-5,11H,1H3,(H,12,13)/b3-2-,11-5?. The van der Waals surface area contributed by atoms with Gasteiger partial charge in [-0.05, 0) is 23.1 Å². The Morgan fingerprint density at radius 1 is 1.62 bits per heavy atom. The number of rotatable bonds is 2. The second-order valence-electron chi connectivity index (χ2n) is 2.59. The van der Waals surface area contributed by atoms with Crippen LogP contribution in [0, 0.1) is 12.3 Å². The van der Waals surface area contributed by atoms with Crippen LogP contribution in [0.1, 0.15) is 16.8 Å². The molecule has 0 aromatic carbocycles. The Morgan fingerprint density at radius 3 is 2.85 bits per heavy atom. The van der Waals surface area contributed by atoms with Gasteiger partial charge >= 0.3 is 0 Å². The zero-order chi connectivity index (χ0) is 9.84. The second kappa shape index (κ2) is 4.36. The highest BCUT2D eigenvalue weighted by molar-refractivity contribution is 14.1. The van der Waals surface area contributed by atoms with Crippen molar-refractivity contribution in [2.45, 2.75) is 6.92 Å². The SMILES string of the molecule is Cc1cc(/C=C\I)c(C=N)[nH]c1=O. The van der Waals surface area contributed by atoms with Gasteiger partial charge in [-0.2, -0.15) is 0 Å². The molecule has 13 heavy (non-hydrogen) atoms. The molecular formula is C9H9IN2O. The molecule has 1 heterocycles. The molecule has 4 heteroatoms. The van der Waals surface area contributed by atoms with Gasteiger partial charge in [0.1, 0.15) is 0 Å². The van der Waals surface area contributed by atoms with Crippen molar-refractivity contribution in [3.05, 3.63) is 37.3 Å². The quantitative estimate of drug-likeness (QED) is 0.635. The summed E-state index contributed by atoms with van der Waals surface area (Å²) in [5, 5.41) is 7.10. The number of aryl methyl sites for hydroxylation is 1. The van der Waals surface area contributed by atoms with Crippen molar-refractivity contribution in [2.24, 2.45) is 0 Å². The number of H-pyrrole nitrogens is 1. The third-order valence-electron chi connectivity index (χ3n) is 1.68. The Morgan fingerprint density at radius 2 is 2.31 bits per heavy atom. The van der Waals surface area contributed by atoms with Crippen molar-refractivity contribution < 1.29 is 0 Å². The molecule has 3 nitrogen and oxygen atoms in total. The molecule has 1 aromatic rings. The summed E-state index contributed by atoms with van der Waals surface area (Å²) < 4.78 is 1.85. The van der Waals surface area contributed by atoms with E-state index >= 15 is 0 Å². The van der Waals surface area contributed by atoms with Crippen LogP contribution in [0.15, 0.2) is 14.9 Å². The first-order chi connectivity index (χ1) is 6.19. The van der Waals surface area contributed by atoms with Crippen LogP contribution in [-0.4, -0.2) is 11.2 Å². The minimum Gasteiger partial charge on any atom is -0.320 e. The van der Waals surface area contributed by atoms with Gasteiger partial charge in [0.25, 0.3) is 5.56 Å². The van der Waals surface area contributed by atoms with E-state index in [0.717, 1.165) is 11.8 Å². The zero-order valence-electron chi connectivity index (χ0n) is 7.10. The first-order valence-corrected chi connectivity index (χ1v) is 4.94. The zero-order valence-corrected chi connectivity index (χ0v) is 9.25. The number of aromatic nitrogens is 1. The molecule has 0 saturated carbocycles. The molecule has 2 N–H and O–H groups in total. The predicted octanol–water partition coefficient (Wildman–Crippen LogP) is 2.09. The van der Waals surface area contributed by atoms with Crippen molar-refractivity contribution in [1.82, 2.24) is 4.98 Å². The van der Waals surface area contributed by atoms with Gasteiger partial charge in [0, 0.05) is 17.3 Å². The molecule has 0 aliphatic heterocycles. The summed E-state index contributed by atoms with van der Waals surface area (Å²) in [7, 11) is 0. The van der Waals surface area contributed by atoms with E-state index in [1.54, 1.807) is 13.0 Å². The molecule has 1 rings (SSSR count). The first kappa shape index (κ1) is 10.2. The van der Waals surface area contributed by atoms with Crippen molar-refractivity contribution in [3.63, 3.8) is 0 Å². The summed E-state index contributed by atoms with van der Waals surface area (Å²) in [4.78, 5) is 13.8. The highest BCUT2D eigenvalue weighted by Gasteiger charge is 2.00. The van der Waals surface area contributed by atoms with Crippen molar-refractivity contribution in [1.29, 1.82) is 5.41 Å². The lowest BCUT2D eigenvalue weighted by atomic mass is 10.1. The van der Waals surface area contributed by atoms with Gasteiger partial charge in [0.15, 0.2) is 0 Å². The summed E-state index contributed by atoms with van der Waals surface area (Å²) in [6, 6.07) is 1.77. The molecule has 0 aliphatic carbocycles. The van der Waals surface area contributed by atoms with Crippen molar-refractivity contribution in [2.75, 3.05) is 0 Å². The van der Waals surface area contributed by atoms with E-state index in [0.29, 0.717) is 11.3 Å². The van der Waals surface area contributed by atoms with Crippen LogP contribution >= 0.6 is 22.6 Å². The molecule has 0 spiro atoms. The van der Waals surface area contributed by atoms with Gasteiger partial charge in [0.05, 0.1) is 5.69 Å². The fraction of sp³-hybridized carbons (Fsp3) is 0.111. The number of halogens is 1. The van der Waals surface area contributed by atoms with Gasteiger partial charge in [-0.1, -0.05) is 22.6 Å². The number of pyridine rings is 1. The van der Waals surface area contributed by atoms with E-state index < -0.39 is 0 Å². The Hall–Kier alpha value is -0.910. The highest BCUT2D eigenvalue weighted by atomic mass is 127. The molecule has 0 amide bonds. The average molecular weight is 288 g/mol. The number of hydrogen-bond donors (Lipinski definition) is 2. The Labute approximate surface area is 89.5 Å². The molecule has 0 atom stereocenters. The van der Waals surface area contributed by atoms with E-state index in [1.165, 1.54) is 0 Å². The highest BCUT2D eigenvalue weighted by Crippen LogP contribution is 2.07. The van der Waals surface area contributed by atoms with E-state index in [9.17, 15) is 4.79 Å². The summed E-state index contributed by atoms with van der Waals surface area (Å²) in [6.07, 6.45) is 3.00. The van der Waals surface area contributed by atoms with Crippen LogP contribution in [0.25, 0.3) is 6.08 Å². The van der Waals surface area contributed by atoms with E-state index in [4.69, 9.17) is 5.41 Å². The van der Waals surface area contributed by atoms with Gasteiger partial charge in [-0.15, -0.1) is 0 Å². The third-order valence-corrected chi connectivity index (χ3v) is 2.04. The topological polar surface area (TPSA) is 56.7 Å². The molecule has 68 valence electrons. The number of aromatic amines is 1. The second-order valence-corrected chi connectivity index (χ2v) is 3.31. The first-order valence-electron chi connectivity index (χ1n) is 3.70. The Bertz CT molecular complexity index is 407. The van der Waals surface area contributed by atoms with Crippen molar-refractivity contribution >= 4 is 34.9 Å². The molecular weight excluding hydrogens is 279 g/mol. The maximum atomic E-state index is 11.2. The van der Waals surface area contributed by atoms with Gasteiger partial charge in [0.2, 0.25) is 0 Å². The maximum Gasteiger partial charge on any atom is 0.251 e. The van der Waals surface area contributed by atoms with Crippen LogP contribution in [0.4, 0.5) is 0 Å². The van der Waals surface area contributed by atoms with Crippen LogP contribution in [0.2, 0.25) is 0 Å². The lowest BCUT2D eigenvalue weighted by Crippen LogP contribution is -2.12. The predicted molar refractivity (Wildman–Crippen MR) is 62.7 cm³/mol. The summed E-state index contributed by atoms with van der Waals surface area (Å²) in [5.74, 6) is 0. The smallest absolute Gasteiger partial charge is 0.251 e. The Kier molecular flexibility index (Phi) is 3.41. The fourth-order valence-electron chi connectivity index (χ4n) is 0.995. The Balaban J connectivity index is 3.41. The molecule has 0 saturated heterocycles. The minimum atomic E-state index is -0.135. The maximum absolute atomic E-state index is 11.2. The lowest BCUT2D eigenvalue weighted by Gasteiger charge is -2.00. The number of hydrogen-bond acceptors (Lipinski definition) is 2. The molecule has 1 aromatic heterocycles. The molecule has 0 fully saturated rings. The molecule has 0 aliphatic rings. The normalized spacial score (nSPS) is 10.6. The lowest BCUT2D eigenvalue weighted by molar-refractivity contribution is 1.16. The summed E-state index contributed by atoms with van der Waals surface area (Å²) >= 11 is 2.10. The average Bonchev–Trinajstić information content (AvgIpc) is 2.11. The van der Waals surface area contributed by atoms with Crippen LogP contribution in [0.5, 0.6) is 0 Å². The monoisotopic (exact) mass is 288 g/mol. The molecule has 0 bridgehead atoms. The summed E-state index contributed by atoms with van der Waals surface area (Å²) in [6.45, 7) is 1.75. The molecule has 0 radical (unpaired) electrons. The van der Waals surface area contributed by atoms with E-state index in [1.807, 2.05) is 10.2 Å². The van der Waals surface area contributed by atoms with Crippen LogP contribution in [0.3, 0.4) is 0 Å². The summed E-state index contributed by atoms with van der Waals surface area (Å²) in [5.41, 5.74) is 1.93. The van der Waals surface area contributed by atoms with Crippen molar-refractivity contribution in [3.8, 4) is 0 Å². The largest absolute Gasteiger partial charge is 0.320 e. The minimum absolute atomic E-state index is 0.135. The van der Waals surface area contributed by atoms with Gasteiger partial charge < -0.3 is 10.4 Å². The third kappa shape index (κ3) is 2.27. The van der Waals surface area contributed by atoms with Crippen LogP contribution < -0.4 is 5.56 Å². The van der Waals surface area contributed by atoms with Gasteiger partial charge in [-0.3, -0.25) is 4.79 Å². The van der Waals surface area contributed by atoms with Crippen LogP contribution in [-0.2, 0) is 0 Å². The van der Waals surface area contributed by atoms with E-state index in [-0.39, 0.29) is 5.56 Å². The molecule has 0 unspecified atom stereocenters. The fourth-order valence-corrected chi connectivity index (χ4v) is 1.38. The number of nitrogens with one attached hydrogen (secondary N) is 2.